The van der Waals surface area contributed by atoms with Crippen molar-refractivity contribution in [3.63, 3.8) is 0 Å². The number of benzene rings is 2. The van der Waals surface area contributed by atoms with Crippen molar-refractivity contribution in [3.8, 4) is 11.5 Å². The van der Waals surface area contributed by atoms with Gasteiger partial charge in [-0.25, -0.2) is 4.39 Å². The van der Waals surface area contributed by atoms with Crippen molar-refractivity contribution in [2.75, 3.05) is 0 Å². The molecule has 0 aliphatic carbocycles. The smallest absolute Gasteiger partial charge is 0.489 e. The van der Waals surface area contributed by atoms with Crippen molar-refractivity contribution in [2.24, 2.45) is 0 Å². The molecule has 0 unspecified atom stereocenters. The first-order chi connectivity index (χ1) is 10.4. The Morgan fingerprint density at radius 2 is 1.64 bits per heavy atom. The van der Waals surface area contributed by atoms with Crippen LogP contribution in [0.25, 0.3) is 0 Å². The fraction of sp³-hybridized carbons (Fsp3) is 0.133. The van der Waals surface area contributed by atoms with Crippen LogP contribution in [0.5, 0.6) is 11.5 Å². The largest absolute Gasteiger partial charge is 0.573 e. The van der Waals surface area contributed by atoms with Crippen LogP contribution in [0.4, 0.5) is 17.6 Å². The molecule has 0 atom stereocenters. The van der Waals surface area contributed by atoms with Crippen LogP contribution in [-0.4, -0.2) is 12.6 Å². The number of halogens is 4. The fourth-order valence-corrected chi connectivity index (χ4v) is 1.68. The summed E-state index contributed by atoms with van der Waals surface area (Å²) in [6.45, 7) is 0.00798. The topological polar surface area (TPSA) is 35.5 Å². The highest BCUT2D eigenvalue weighted by atomic mass is 19.4. The van der Waals surface area contributed by atoms with Crippen LogP contribution >= 0.6 is 0 Å². The average Bonchev–Trinajstić information content (AvgIpc) is 2.44. The lowest BCUT2D eigenvalue weighted by Crippen LogP contribution is -2.17. The van der Waals surface area contributed by atoms with E-state index in [0.29, 0.717) is 11.8 Å². The maximum absolute atomic E-state index is 12.8. The van der Waals surface area contributed by atoms with Crippen molar-refractivity contribution >= 4 is 6.29 Å². The minimum absolute atomic E-state index is 0.00798. The summed E-state index contributed by atoms with van der Waals surface area (Å²) >= 11 is 0. The molecule has 0 aromatic heterocycles. The molecule has 0 N–H and O–H groups in total. The van der Waals surface area contributed by atoms with Gasteiger partial charge in [0.15, 0.2) is 0 Å². The van der Waals surface area contributed by atoms with Crippen LogP contribution in [-0.2, 0) is 6.61 Å². The van der Waals surface area contributed by atoms with Gasteiger partial charge in [0.05, 0.1) is 0 Å². The van der Waals surface area contributed by atoms with Crippen LogP contribution in [0.15, 0.2) is 42.5 Å². The average molecular weight is 314 g/mol. The fourth-order valence-electron chi connectivity index (χ4n) is 1.68. The summed E-state index contributed by atoms with van der Waals surface area (Å²) in [4.78, 5) is 10.8. The van der Waals surface area contributed by atoms with Gasteiger partial charge in [0.1, 0.15) is 30.2 Å². The Kier molecular flexibility index (Phi) is 4.65. The highest BCUT2D eigenvalue weighted by molar-refractivity contribution is 5.76. The monoisotopic (exact) mass is 314 g/mol. The number of hydrogen-bond acceptors (Lipinski definition) is 3. The van der Waals surface area contributed by atoms with E-state index in [1.54, 1.807) is 0 Å². The first-order valence-electron chi connectivity index (χ1n) is 6.09. The van der Waals surface area contributed by atoms with E-state index in [1.807, 2.05) is 0 Å². The number of ether oxygens (including phenoxy) is 2. The lowest BCUT2D eigenvalue weighted by Gasteiger charge is -2.12. The molecule has 0 bridgehead atoms. The maximum atomic E-state index is 12.8. The normalized spacial score (nSPS) is 11.1. The first kappa shape index (κ1) is 15.8. The van der Waals surface area contributed by atoms with Crippen molar-refractivity contribution < 1.29 is 31.8 Å². The van der Waals surface area contributed by atoms with Crippen molar-refractivity contribution in [1.29, 1.82) is 0 Å². The van der Waals surface area contributed by atoms with E-state index in [-0.39, 0.29) is 17.9 Å². The molecule has 0 aliphatic rings. The molecular formula is C15H10F4O3. The van der Waals surface area contributed by atoms with E-state index in [9.17, 15) is 22.4 Å². The van der Waals surface area contributed by atoms with E-state index < -0.39 is 17.9 Å². The Morgan fingerprint density at radius 1 is 1.00 bits per heavy atom. The summed E-state index contributed by atoms with van der Waals surface area (Å²) in [6.07, 6.45) is -4.48. The summed E-state index contributed by atoms with van der Waals surface area (Å²) in [5.41, 5.74) is 0.604. The highest BCUT2D eigenvalue weighted by Gasteiger charge is 2.31. The van der Waals surface area contributed by atoms with Crippen molar-refractivity contribution in [2.45, 2.75) is 13.0 Å². The van der Waals surface area contributed by atoms with E-state index in [1.165, 1.54) is 30.3 Å². The quantitative estimate of drug-likeness (QED) is 0.615. The molecule has 2 aromatic carbocycles. The standard InChI is InChI=1S/C15H10F4O3/c16-12-3-1-10(2-4-12)9-21-13-5-11(8-20)6-14(7-13)22-15(17,18)19/h1-8H,9H2. The molecule has 3 nitrogen and oxygen atoms in total. The van der Waals surface area contributed by atoms with Gasteiger partial charge >= 0.3 is 6.36 Å². The maximum Gasteiger partial charge on any atom is 0.573 e. The zero-order valence-electron chi connectivity index (χ0n) is 11.1. The summed E-state index contributed by atoms with van der Waals surface area (Å²) in [5, 5.41) is 0. The predicted molar refractivity (Wildman–Crippen MR) is 69.2 cm³/mol. The van der Waals surface area contributed by atoms with Crippen molar-refractivity contribution in [3.05, 3.63) is 59.4 Å². The summed E-state index contributed by atoms with van der Waals surface area (Å²) in [7, 11) is 0. The molecule has 0 saturated heterocycles. The molecule has 7 heteroatoms. The first-order valence-corrected chi connectivity index (χ1v) is 6.09. The van der Waals surface area contributed by atoms with E-state index >= 15 is 0 Å². The Bertz CT molecular complexity index is 651. The molecule has 0 aliphatic heterocycles. The second kappa shape index (κ2) is 6.46. The van der Waals surface area contributed by atoms with Gasteiger partial charge in [-0.2, -0.15) is 0 Å². The molecule has 2 aromatic rings. The minimum atomic E-state index is -4.87. The van der Waals surface area contributed by atoms with Gasteiger partial charge in [-0.15, -0.1) is 13.2 Å². The molecule has 22 heavy (non-hydrogen) atoms. The van der Waals surface area contributed by atoms with Crippen LogP contribution in [0.3, 0.4) is 0 Å². The lowest BCUT2D eigenvalue weighted by molar-refractivity contribution is -0.274. The van der Waals surface area contributed by atoms with Crippen molar-refractivity contribution in [1.82, 2.24) is 0 Å². The number of rotatable bonds is 5. The summed E-state index contributed by atoms with van der Waals surface area (Å²) in [5.74, 6) is -0.924. The molecular weight excluding hydrogens is 304 g/mol. The third-order valence-corrected chi connectivity index (χ3v) is 2.59. The van der Waals surface area contributed by atoms with Gasteiger partial charge in [-0.1, -0.05) is 12.1 Å². The lowest BCUT2D eigenvalue weighted by atomic mass is 10.2. The number of alkyl halides is 3. The molecule has 0 saturated carbocycles. The van der Waals surface area contributed by atoms with E-state index in [2.05, 4.69) is 4.74 Å². The zero-order valence-corrected chi connectivity index (χ0v) is 11.1. The summed E-state index contributed by atoms with van der Waals surface area (Å²) in [6, 6.07) is 8.67. The molecule has 2 rings (SSSR count). The van der Waals surface area contributed by atoms with Gasteiger partial charge in [0.25, 0.3) is 0 Å². The second-order valence-electron chi connectivity index (χ2n) is 4.32. The Hall–Kier alpha value is -2.57. The SMILES string of the molecule is O=Cc1cc(OCc2ccc(F)cc2)cc(OC(F)(F)F)c1. The molecule has 0 amide bonds. The third kappa shape index (κ3) is 4.76. The Labute approximate surface area is 123 Å². The van der Waals surface area contributed by atoms with Gasteiger partial charge in [0, 0.05) is 11.6 Å². The number of aldehydes is 1. The van der Waals surface area contributed by atoms with Crippen LogP contribution in [0.1, 0.15) is 15.9 Å². The molecule has 0 spiro atoms. The van der Waals surface area contributed by atoms with Crippen LogP contribution in [0, 0.1) is 5.82 Å². The van der Waals surface area contributed by atoms with Gasteiger partial charge < -0.3 is 9.47 Å². The highest BCUT2D eigenvalue weighted by Crippen LogP contribution is 2.28. The number of hydrogen-bond donors (Lipinski definition) is 0. The number of carbonyl (C=O) groups excluding carboxylic acids is 1. The van der Waals surface area contributed by atoms with E-state index in [4.69, 9.17) is 4.74 Å². The molecule has 0 radical (unpaired) electrons. The minimum Gasteiger partial charge on any atom is -0.489 e. The molecule has 116 valence electrons. The predicted octanol–water partition coefficient (Wildman–Crippen LogP) is 4.12. The Balaban J connectivity index is 2.14. The Morgan fingerprint density at radius 3 is 2.23 bits per heavy atom. The summed E-state index contributed by atoms with van der Waals surface area (Å²) < 4.78 is 58.5. The van der Waals surface area contributed by atoms with Gasteiger partial charge in [0.2, 0.25) is 0 Å². The third-order valence-electron chi connectivity index (χ3n) is 2.59. The zero-order chi connectivity index (χ0) is 16.2. The number of carbonyl (C=O) groups is 1. The van der Waals surface area contributed by atoms with Crippen LogP contribution in [0.2, 0.25) is 0 Å². The molecule has 0 heterocycles. The van der Waals surface area contributed by atoms with E-state index in [0.717, 1.165) is 12.1 Å². The second-order valence-corrected chi connectivity index (χ2v) is 4.32. The van der Waals surface area contributed by atoms with Gasteiger partial charge in [-0.3, -0.25) is 4.79 Å². The van der Waals surface area contributed by atoms with Gasteiger partial charge in [-0.05, 0) is 29.8 Å². The van der Waals surface area contributed by atoms with Crippen LogP contribution < -0.4 is 9.47 Å². The molecule has 0 fully saturated rings.